The first-order chi connectivity index (χ1) is 16.0. The summed E-state index contributed by atoms with van der Waals surface area (Å²) in [6.45, 7) is 0.556. The second-order valence-electron chi connectivity index (χ2n) is 7.81. The molecular weight excluding hydrogens is 435 g/mol. The Labute approximate surface area is 197 Å². The first-order valence-corrected chi connectivity index (χ1v) is 11.6. The van der Waals surface area contributed by atoms with Crippen LogP contribution in [-0.2, 0) is 17.8 Å². The summed E-state index contributed by atoms with van der Waals surface area (Å²) < 4.78 is 16.6. The predicted molar refractivity (Wildman–Crippen MR) is 129 cm³/mol. The summed E-state index contributed by atoms with van der Waals surface area (Å²) >= 11 is 1.34. The van der Waals surface area contributed by atoms with Gasteiger partial charge in [-0.1, -0.05) is 84.6 Å². The number of carbonyl (C=O) groups excluding carboxylic acids is 1. The Bertz CT molecular complexity index is 1210. The SMILES string of the molecule is CN(C)C(=O)[C@H](Sc1nnc(-c2ccccc2F)n1CCc1ccccc1)c1ccccc1. The lowest BCUT2D eigenvalue weighted by Gasteiger charge is -2.20. The van der Waals surface area contributed by atoms with Crippen molar-refractivity contribution < 1.29 is 9.18 Å². The lowest BCUT2D eigenvalue weighted by molar-refractivity contribution is -0.128. The molecule has 0 N–H and O–H groups in total. The molecule has 0 bridgehead atoms. The van der Waals surface area contributed by atoms with Gasteiger partial charge in [0.2, 0.25) is 5.91 Å². The summed E-state index contributed by atoms with van der Waals surface area (Å²) in [7, 11) is 3.48. The van der Waals surface area contributed by atoms with E-state index >= 15 is 0 Å². The molecule has 33 heavy (non-hydrogen) atoms. The van der Waals surface area contributed by atoms with E-state index in [1.165, 1.54) is 17.8 Å². The van der Waals surface area contributed by atoms with E-state index in [1.807, 2.05) is 53.1 Å². The van der Waals surface area contributed by atoms with Gasteiger partial charge in [0.05, 0.1) is 5.56 Å². The van der Waals surface area contributed by atoms with E-state index in [0.29, 0.717) is 23.1 Å². The van der Waals surface area contributed by atoms with Crippen LogP contribution in [0, 0.1) is 5.82 Å². The van der Waals surface area contributed by atoms with Crippen LogP contribution in [0.1, 0.15) is 16.4 Å². The number of carbonyl (C=O) groups is 1. The van der Waals surface area contributed by atoms with Gasteiger partial charge in [-0.2, -0.15) is 0 Å². The monoisotopic (exact) mass is 460 g/mol. The van der Waals surface area contributed by atoms with Crippen molar-refractivity contribution in [2.24, 2.45) is 0 Å². The summed E-state index contributed by atoms with van der Waals surface area (Å²) in [4.78, 5) is 14.6. The fourth-order valence-electron chi connectivity index (χ4n) is 3.53. The molecule has 4 rings (SSSR count). The van der Waals surface area contributed by atoms with E-state index in [2.05, 4.69) is 22.3 Å². The number of aromatic nitrogens is 3. The van der Waals surface area contributed by atoms with Gasteiger partial charge in [-0.15, -0.1) is 10.2 Å². The maximum Gasteiger partial charge on any atom is 0.240 e. The van der Waals surface area contributed by atoms with Gasteiger partial charge in [0.25, 0.3) is 0 Å². The molecule has 0 aliphatic heterocycles. The number of amides is 1. The normalized spacial score (nSPS) is 11.8. The van der Waals surface area contributed by atoms with Crippen LogP contribution in [0.4, 0.5) is 4.39 Å². The lowest BCUT2D eigenvalue weighted by atomic mass is 10.1. The molecule has 4 aromatic rings. The Morgan fingerprint density at radius 3 is 2.24 bits per heavy atom. The van der Waals surface area contributed by atoms with Gasteiger partial charge in [0, 0.05) is 20.6 Å². The van der Waals surface area contributed by atoms with Crippen molar-refractivity contribution in [2.75, 3.05) is 14.1 Å². The number of halogens is 1. The molecule has 0 fully saturated rings. The van der Waals surface area contributed by atoms with Gasteiger partial charge in [-0.05, 0) is 29.7 Å². The maximum atomic E-state index is 14.6. The molecule has 5 nitrogen and oxygen atoms in total. The Kier molecular flexibility index (Phi) is 7.19. The topological polar surface area (TPSA) is 51.0 Å². The smallest absolute Gasteiger partial charge is 0.240 e. The fraction of sp³-hybridized carbons (Fsp3) is 0.192. The van der Waals surface area contributed by atoms with Crippen LogP contribution in [-0.4, -0.2) is 39.7 Å². The summed E-state index contributed by atoms with van der Waals surface area (Å²) in [6, 6.07) is 26.3. The molecule has 0 aliphatic rings. The average Bonchev–Trinajstić information content (AvgIpc) is 3.24. The Hall–Kier alpha value is -3.45. The third kappa shape index (κ3) is 5.31. The Morgan fingerprint density at radius 2 is 1.58 bits per heavy atom. The molecular formula is C26H25FN4OS. The molecule has 1 amide bonds. The largest absolute Gasteiger partial charge is 0.348 e. The number of hydrogen-bond donors (Lipinski definition) is 0. The van der Waals surface area contributed by atoms with Crippen molar-refractivity contribution in [2.45, 2.75) is 23.4 Å². The van der Waals surface area contributed by atoms with Crippen LogP contribution in [0.5, 0.6) is 0 Å². The number of hydrogen-bond acceptors (Lipinski definition) is 4. The number of thioether (sulfide) groups is 1. The van der Waals surface area contributed by atoms with Crippen molar-refractivity contribution in [3.63, 3.8) is 0 Å². The molecule has 0 spiro atoms. The highest BCUT2D eigenvalue weighted by Gasteiger charge is 2.27. The molecule has 0 unspecified atom stereocenters. The first kappa shape index (κ1) is 22.7. The molecule has 1 aromatic heterocycles. The van der Waals surface area contributed by atoms with Crippen molar-refractivity contribution in [3.8, 4) is 11.4 Å². The van der Waals surface area contributed by atoms with Crippen molar-refractivity contribution in [3.05, 3.63) is 102 Å². The minimum atomic E-state index is -0.491. The zero-order valence-electron chi connectivity index (χ0n) is 18.6. The van der Waals surface area contributed by atoms with E-state index in [4.69, 9.17) is 0 Å². The third-order valence-corrected chi connectivity index (χ3v) is 6.51. The van der Waals surface area contributed by atoms with Gasteiger partial charge < -0.3 is 9.47 Å². The number of likely N-dealkylation sites (N-methyl/N-ethyl adjacent to an activating group) is 1. The molecule has 7 heteroatoms. The van der Waals surface area contributed by atoms with Crippen molar-refractivity contribution in [1.82, 2.24) is 19.7 Å². The van der Waals surface area contributed by atoms with Crippen LogP contribution >= 0.6 is 11.8 Å². The number of rotatable bonds is 8. The second-order valence-corrected chi connectivity index (χ2v) is 8.89. The second kappa shape index (κ2) is 10.4. The lowest BCUT2D eigenvalue weighted by Crippen LogP contribution is -2.27. The average molecular weight is 461 g/mol. The van der Waals surface area contributed by atoms with Gasteiger partial charge in [0.1, 0.15) is 11.1 Å². The molecule has 168 valence electrons. The van der Waals surface area contributed by atoms with Crippen LogP contribution in [0.2, 0.25) is 0 Å². The maximum absolute atomic E-state index is 14.6. The highest BCUT2D eigenvalue weighted by Crippen LogP contribution is 2.37. The predicted octanol–water partition coefficient (Wildman–Crippen LogP) is 5.25. The fourth-order valence-corrected chi connectivity index (χ4v) is 4.74. The van der Waals surface area contributed by atoms with E-state index in [9.17, 15) is 9.18 Å². The molecule has 1 atom stereocenters. The minimum absolute atomic E-state index is 0.0451. The molecule has 0 saturated carbocycles. The minimum Gasteiger partial charge on any atom is -0.348 e. The zero-order valence-corrected chi connectivity index (χ0v) is 19.4. The standard InChI is InChI=1S/C26H25FN4OS/c1-30(2)25(32)23(20-13-7-4-8-14-20)33-26-29-28-24(21-15-9-10-16-22(21)27)31(26)18-17-19-11-5-3-6-12-19/h3-16,23H,17-18H2,1-2H3/t23-/m1/s1. The molecule has 1 heterocycles. The Balaban J connectivity index is 1.73. The van der Waals surface area contributed by atoms with Gasteiger partial charge >= 0.3 is 0 Å². The van der Waals surface area contributed by atoms with E-state index < -0.39 is 5.25 Å². The van der Waals surface area contributed by atoms with Crippen LogP contribution in [0.15, 0.2) is 90.1 Å². The quantitative estimate of drug-likeness (QED) is 0.337. The summed E-state index contributed by atoms with van der Waals surface area (Å²) in [6.07, 6.45) is 0.728. The highest BCUT2D eigenvalue weighted by atomic mass is 32.2. The molecule has 0 saturated heterocycles. The summed E-state index contributed by atoms with van der Waals surface area (Å²) in [5.74, 6) is 0.0540. The van der Waals surface area contributed by atoms with Gasteiger partial charge in [-0.25, -0.2) is 4.39 Å². The summed E-state index contributed by atoms with van der Waals surface area (Å²) in [5, 5.41) is 8.81. The van der Waals surface area contributed by atoms with Gasteiger partial charge in [0.15, 0.2) is 11.0 Å². The summed E-state index contributed by atoms with van der Waals surface area (Å²) in [5.41, 5.74) is 2.43. The number of nitrogens with zero attached hydrogens (tertiary/aromatic N) is 4. The Morgan fingerprint density at radius 1 is 0.939 bits per heavy atom. The molecule has 0 radical (unpaired) electrons. The third-order valence-electron chi connectivity index (χ3n) is 5.29. The van der Waals surface area contributed by atoms with Gasteiger partial charge in [-0.3, -0.25) is 4.79 Å². The number of aryl methyl sites for hydroxylation is 1. The van der Waals surface area contributed by atoms with Crippen LogP contribution in [0.25, 0.3) is 11.4 Å². The van der Waals surface area contributed by atoms with E-state index in [1.54, 1.807) is 37.2 Å². The van der Waals surface area contributed by atoms with E-state index in [-0.39, 0.29) is 11.7 Å². The number of benzene rings is 3. The zero-order chi connectivity index (χ0) is 23.2. The highest BCUT2D eigenvalue weighted by molar-refractivity contribution is 8.00. The van der Waals surface area contributed by atoms with Crippen LogP contribution < -0.4 is 0 Å². The molecule has 0 aliphatic carbocycles. The van der Waals surface area contributed by atoms with Crippen LogP contribution in [0.3, 0.4) is 0 Å². The molecule has 3 aromatic carbocycles. The van der Waals surface area contributed by atoms with Crippen molar-refractivity contribution in [1.29, 1.82) is 0 Å². The van der Waals surface area contributed by atoms with Crippen molar-refractivity contribution >= 4 is 17.7 Å². The van der Waals surface area contributed by atoms with E-state index in [0.717, 1.165) is 17.5 Å². The first-order valence-electron chi connectivity index (χ1n) is 10.7.